The van der Waals surface area contributed by atoms with Crippen molar-refractivity contribution in [3.8, 4) is 0 Å². The number of hydrogen-bond acceptors (Lipinski definition) is 6. The second-order valence-electron chi connectivity index (χ2n) is 8.99. The fourth-order valence-electron chi connectivity index (χ4n) is 4.30. The van der Waals surface area contributed by atoms with Crippen LogP contribution in [0.15, 0.2) is 15.6 Å². The number of hydrogen-bond donors (Lipinski definition) is 2. The fourth-order valence-corrected chi connectivity index (χ4v) is 5.11. The zero-order chi connectivity index (χ0) is 24.0. The molecule has 3 N–H and O–H groups in total. The third-order valence-electron chi connectivity index (χ3n) is 5.78. The number of aromatic nitrogens is 1. The maximum Gasteiger partial charge on any atom is 0.410 e. The smallest absolute Gasteiger partial charge is 0.410 e. The van der Waals surface area contributed by atoms with Crippen molar-refractivity contribution in [3.63, 3.8) is 0 Å². The first kappa shape index (κ1) is 24.9. The summed E-state index contributed by atoms with van der Waals surface area (Å²) in [7, 11) is 0. The highest BCUT2D eigenvalue weighted by Crippen LogP contribution is 2.46. The van der Waals surface area contributed by atoms with Gasteiger partial charge in [-0.15, -0.1) is 11.8 Å². The Morgan fingerprint density at radius 3 is 2.66 bits per heavy atom. The van der Waals surface area contributed by atoms with Gasteiger partial charge in [-0.25, -0.2) is 14.2 Å². The van der Waals surface area contributed by atoms with Crippen LogP contribution < -0.4 is 11.1 Å². The molecule has 3 fully saturated rings. The molecular formula is C23H32BrFN4O2S. The van der Waals surface area contributed by atoms with Crippen LogP contribution in [0.25, 0.3) is 10.9 Å². The number of nitrogens with zero attached hydrogens (tertiary/aromatic N) is 2. The normalized spacial score (nSPS) is 21.7. The molecule has 1 aromatic carbocycles. The number of carbonyl (C=O) groups excluding carboxylic acids is 1. The summed E-state index contributed by atoms with van der Waals surface area (Å²) in [5.74, 6) is -0.0837. The largest absolute Gasteiger partial charge is 0.444 e. The van der Waals surface area contributed by atoms with Gasteiger partial charge in [-0.3, -0.25) is 0 Å². The minimum atomic E-state index is -0.533. The molecule has 3 atom stereocenters. The number of aryl methyl sites for hydroxylation is 1. The number of carbonyl (C=O) groups is 1. The van der Waals surface area contributed by atoms with E-state index in [0.717, 1.165) is 12.0 Å². The van der Waals surface area contributed by atoms with Gasteiger partial charge in [0.05, 0.1) is 27.9 Å². The molecule has 1 aliphatic carbocycles. The van der Waals surface area contributed by atoms with Gasteiger partial charge in [0.25, 0.3) is 0 Å². The van der Waals surface area contributed by atoms with E-state index in [0.29, 0.717) is 38.7 Å². The molecule has 0 spiro atoms. The van der Waals surface area contributed by atoms with E-state index in [1.165, 1.54) is 11.8 Å². The first-order chi connectivity index (χ1) is 15.0. The van der Waals surface area contributed by atoms with Crippen molar-refractivity contribution in [1.29, 1.82) is 0 Å². The van der Waals surface area contributed by atoms with E-state index in [2.05, 4.69) is 26.2 Å². The lowest BCUT2D eigenvalue weighted by molar-refractivity contribution is 0.0239. The zero-order valence-corrected chi connectivity index (χ0v) is 22.1. The van der Waals surface area contributed by atoms with Crippen molar-refractivity contribution in [2.75, 3.05) is 23.9 Å². The van der Waals surface area contributed by atoms with E-state index < -0.39 is 11.4 Å². The van der Waals surface area contributed by atoms with Crippen LogP contribution in [0.2, 0.25) is 0 Å². The second-order valence-corrected chi connectivity index (χ2v) is 10.6. The number of fused-ring (bicyclic) bond motifs is 2. The average molecular weight is 528 g/mol. The lowest BCUT2D eigenvalue weighted by atomic mass is 9.79. The van der Waals surface area contributed by atoms with Gasteiger partial charge in [-0.1, -0.05) is 13.8 Å². The molecule has 3 heterocycles. The number of halogens is 2. The molecule has 32 heavy (non-hydrogen) atoms. The van der Waals surface area contributed by atoms with E-state index in [1.54, 1.807) is 4.90 Å². The summed E-state index contributed by atoms with van der Waals surface area (Å²) in [6, 6.07) is 1.98. The Morgan fingerprint density at radius 1 is 1.41 bits per heavy atom. The number of anilines is 2. The molecule has 6 nitrogen and oxygen atoms in total. The highest BCUT2D eigenvalue weighted by Gasteiger charge is 2.55. The topological polar surface area (TPSA) is 80.5 Å². The highest BCUT2D eigenvalue weighted by molar-refractivity contribution is 9.10. The minimum absolute atomic E-state index is 0.0339. The van der Waals surface area contributed by atoms with Crippen LogP contribution in [0.3, 0.4) is 0 Å². The zero-order valence-electron chi connectivity index (χ0n) is 19.7. The Kier molecular flexibility index (Phi) is 7.20. The molecule has 1 saturated carbocycles. The predicted molar refractivity (Wildman–Crippen MR) is 134 cm³/mol. The van der Waals surface area contributed by atoms with E-state index in [1.807, 2.05) is 53.9 Å². The van der Waals surface area contributed by atoms with Gasteiger partial charge >= 0.3 is 6.09 Å². The Hall–Kier alpha value is -1.74. The summed E-state index contributed by atoms with van der Waals surface area (Å²) in [6.45, 7) is 12.1. The molecule has 5 rings (SSSR count). The molecule has 176 valence electrons. The van der Waals surface area contributed by atoms with Gasteiger partial charge in [0.15, 0.2) is 5.82 Å². The number of ether oxygens (including phenoxy) is 1. The number of pyridine rings is 1. The number of nitrogens with two attached hydrogens (primary N) is 1. The lowest BCUT2D eigenvalue weighted by Crippen LogP contribution is -2.50. The summed E-state index contributed by atoms with van der Waals surface area (Å²) in [4.78, 5) is 18.8. The summed E-state index contributed by atoms with van der Waals surface area (Å²) < 4.78 is 20.9. The monoisotopic (exact) mass is 526 g/mol. The Morgan fingerprint density at radius 2 is 2.06 bits per heavy atom. The van der Waals surface area contributed by atoms with Gasteiger partial charge < -0.3 is 20.7 Å². The van der Waals surface area contributed by atoms with Gasteiger partial charge in [0.2, 0.25) is 0 Å². The van der Waals surface area contributed by atoms with Gasteiger partial charge in [-0.2, -0.15) is 0 Å². The molecule has 0 radical (unpaired) electrons. The van der Waals surface area contributed by atoms with Crippen LogP contribution in [0.1, 0.15) is 46.6 Å². The van der Waals surface area contributed by atoms with Crippen LogP contribution in [-0.2, 0) is 4.74 Å². The summed E-state index contributed by atoms with van der Waals surface area (Å²) in [5, 5.41) is 4.77. The van der Waals surface area contributed by atoms with Crippen LogP contribution >= 0.6 is 27.7 Å². The first-order valence-electron chi connectivity index (χ1n) is 10.9. The quantitative estimate of drug-likeness (QED) is 0.463. The van der Waals surface area contributed by atoms with Crippen molar-refractivity contribution in [1.82, 2.24) is 9.88 Å². The third-order valence-corrected chi connectivity index (χ3v) is 7.45. The van der Waals surface area contributed by atoms with Crippen LogP contribution in [0, 0.1) is 18.7 Å². The van der Waals surface area contributed by atoms with E-state index in [9.17, 15) is 9.18 Å². The standard InChI is InChI=1S/C21H26BrFN4O2S.C2H6/c1-9-6-11-17(14(23)13(9)22)26-19(30-5)15(24)18(11)25-16-10-7-12(16)27(8-10)20(28)29-21(2,3)4;1-2/h6,10,12,16H,7-8,24H2,1-5H3,(H,25,26);1-2H3. The maximum absolute atomic E-state index is 15.0. The summed E-state index contributed by atoms with van der Waals surface area (Å²) in [6.07, 6.45) is 2.50. The minimum Gasteiger partial charge on any atom is -0.444 e. The van der Waals surface area contributed by atoms with Gasteiger partial charge in [0.1, 0.15) is 16.1 Å². The molecule has 1 amide bonds. The molecule has 2 aliphatic heterocycles. The van der Waals surface area contributed by atoms with Crippen LogP contribution in [0.5, 0.6) is 0 Å². The number of rotatable bonds is 3. The average Bonchev–Trinajstić information content (AvgIpc) is 3.32. The Balaban J connectivity index is 0.00000141. The lowest BCUT2D eigenvalue weighted by Gasteiger charge is -2.38. The van der Waals surface area contributed by atoms with E-state index >= 15 is 0 Å². The number of nitrogens with one attached hydrogen (secondary N) is 1. The molecule has 1 aromatic heterocycles. The van der Waals surface area contributed by atoms with Crippen molar-refractivity contribution in [2.45, 2.75) is 70.7 Å². The third kappa shape index (κ3) is 4.38. The SMILES string of the molecule is CC.CSc1nc2c(F)c(Br)c(C)cc2c(NC2C3CC2N(C(=O)OC(C)(C)C)C3)c1N. The van der Waals surface area contributed by atoms with Crippen LogP contribution in [0.4, 0.5) is 20.6 Å². The molecule has 3 aliphatic rings. The predicted octanol–water partition coefficient (Wildman–Crippen LogP) is 6.19. The number of amides is 1. The van der Waals surface area contributed by atoms with Crippen molar-refractivity contribution in [2.24, 2.45) is 5.92 Å². The van der Waals surface area contributed by atoms with E-state index in [4.69, 9.17) is 10.5 Å². The van der Waals surface area contributed by atoms with Crippen molar-refractivity contribution in [3.05, 3.63) is 21.9 Å². The number of thioether (sulfide) groups is 1. The van der Waals surface area contributed by atoms with E-state index in [-0.39, 0.29) is 23.7 Å². The van der Waals surface area contributed by atoms with Gasteiger partial charge in [-0.05, 0) is 67.9 Å². The number of nitrogen functional groups attached to an aromatic ring is 1. The molecule has 2 bridgehead atoms. The molecule has 2 saturated heterocycles. The van der Waals surface area contributed by atoms with Gasteiger partial charge in [0, 0.05) is 17.8 Å². The Labute approximate surface area is 202 Å². The molecule has 3 unspecified atom stereocenters. The Bertz CT molecular complexity index is 1040. The van der Waals surface area contributed by atoms with Crippen molar-refractivity contribution < 1.29 is 13.9 Å². The van der Waals surface area contributed by atoms with Crippen molar-refractivity contribution >= 4 is 56.1 Å². The summed E-state index contributed by atoms with van der Waals surface area (Å²) in [5.41, 5.74) is 8.14. The second kappa shape index (κ2) is 9.25. The number of benzene rings is 1. The first-order valence-corrected chi connectivity index (χ1v) is 12.9. The molecule has 2 aromatic rings. The fraction of sp³-hybridized carbons (Fsp3) is 0.565. The van der Waals surface area contributed by atoms with Crippen LogP contribution in [-0.4, -0.2) is 46.5 Å². The summed E-state index contributed by atoms with van der Waals surface area (Å²) >= 11 is 4.69. The molecular weight excluding hydrogens is 495 g/mol. The maximum atomic E-state index is 15.0. The highest BCUT2D eigenvalue weighted by atomic mass is 79.9. The molecule has 9 heteroatoms.